The Bertz CT molecular complexity index is 1060. The summed E-state index contributed by atoms with van der Waals surface area (Å²) in [5.74, 6) is 2.63. The third-order valence-electron chi connectivity index (χ3n) is 5.00. The lowest BCUT2D eigenvalue weighted by atomic mass is 10.0. The number of hydrogen-bond acceptors (Lipinski definition) is 6. The molecule has 1 atom stereocenters. The van der Waals surface area contributed by atoms with Crippen molar-refractivity contribution < 1.29 is 19.0 Å². The van der Waals surface area contributed by atoms with Crippen LogP contribution in [0.4, 0.5) is 5.82 Å². The number of carbonyl (C=O) groups excluding carboxylic acids is 1. The molecule has 1 aromatic heterocycles. The van der Waals surface area contributed by atoms with Crippen LogP contribution in [0.5, 0.6) is 17.2 Å². The molecule has 0 radical (unpaired) electrons. The second kappa shape index (κ2) is 8.31. The number of para-hydroxylation sites is 1. The summed E-state index contributed by atoms with van der Waals surface area (Å²) in [6, 6.07) is 13.6. The van der Waals surface area contributed by atoms with E-state index < -0.39 is 0 Å². The zero-order valence-corrected chi connectivity index (χ0v) is 18.1. The van der Waals surface area contributed by atoms with Crippen molar-refractivity contribution in [3.05, 3.63) is 59.3 Å². The number of methoxy groups -OCH3 is 3. The van der Waals surface area contributed by atoms with Crippen LogP contribution in [0, 0.1) is 6.92 Å². The molecule has 0 saturated carbocycles. The summed E-state index contributed by atoms with van der Waals surface area (Å²) >= 11 is 1.55. The molecule has 4 rings (SSSR count). The molecule has 156 valence electrons. The second-order valence-corrected chi connectivity index (χ2v) is 7.89. The highest BCUT2D eigenvalue weighted by atomic mass is 32.2. The summed E-state index contributed by atoms with van der Waals surface area (Å²) in [7, 11) is 4.77. The molecule has 0 unspecified atom stereocenters. The van der Waals surface area contributed by atoms with Gasteiger partial charge in [-0.15, -0.1) is 11.8 Å². The monoisotopic (exact) mass is 425 g/mol. The normalized spacial score (nSPS) is 15.7. The predicted molar refractivity (Wildman–Crippen MR) is 117 cm³/mol. The molecule has 3 aromatic rings. The lowest BCUT2D eigenvalue weighted by Gasteiger charge is -2.19. The molecule has 0 aliphatic carbocycles. The molecule has 0 bridgehead atoms. The Hall–Kier alpha value is -3.13. The highest BCUT2D eigenvalue weighted by Gasteiger charge is 2.32. The fourth-order valence-corrected chi connectivity index (χ4v) is 4.82. The van der Waals surface area contributed by atoms with Gasteiger partial charge in [-0.1, -0.05) is 18.2 Å². The van der Waals surface area contributed by atoms with Crippen LogP contribution in [-0.2, 0) is 4.79 Å². The van der Waals surface area contributed by atoms with E-state index in [0.29, 0.717) is 28.8 Å². The molecule has 1 N–H and O–H groups in total. The summed E-state index contributed by atoms with van der Waals surface area (Å²) < 4.78 is 18.3. The van der Waals surface area contributed by atoms with Gasteiger partial charge in [-0.2, -0.15) is 5.10 Å². The van der Waals surface area contributed by atoms with Gasteiger partial charge in [0.15, 0.2) is 11.5 Å². The maximum Gasteiger partial charge on any atom is 0.235 e. The molecule has 0 saturated heterocycles. The lowest BCUT2D eigenvalue weighted by molar-refractivity contribution is -0.113. The average molecular weight is 426 g/mol. The molecule has 1 amide bonds. The number of rotatable bonds is 5. The van der Waals surface area contributed by atoms with Crippen molar-refractivity contribution in [2.24, 2.45) is 0 Å². The Balaban J connectivity index is 1.90. The van der Waals surface area contributed by atoms with E-state index in [1.54, 1.807) is 37.8 Å². The van der Waals surface area contributed by atoms with E-state index in [4.69, 9.17) is 19.3 Å². The number of ether oxygens (including phenoxy) is 3. The molecule has 30 heavy (non-hydrogen) atoms. The first-order valence-corrected chi connectivity index (χ1v) is 10.5. The topological polar surface area (TPSA) is 74.6 Å². The fourth-order valence-electron chi connectivity index (χ4n) is 3.66. The molecular weight excluding hydrogens is 402 g/mol. The highest BCUT2D eigenvalue weighted by molar-refractivity contribution is 8.00. The summed E-state index contributed by atoms with van der Waals surface area (Å²) in [4.78, 5) is 12.5. The summed E-state index contributed by atoms with van der Waals surface area (Å²) in [6.07, 6.45) is 0. The van der Waals surface area contributed by atoms with E-state index >= 15 is 0 Å². The number of carbonyl (C=O) groups is 1. The molecule has 1 aliphatic heterocycles. The summed E-state index contributed by atoms with van der Waals surface area (Å²) in [5.41, 5.74) is 3.65. The van der Waals surface area contributed by atoms with Crippen molar-refractivity contribution in [3.8, 4) is 22.9 Å². The number of benzene rings is 2. The number of hydrogen-bond donors (Lipinski definition) is 1. The first-order chi connectivity index (χ1) is 14.6. The van der Waals surface area contributed by atoms with Crippen molar-refractivity contribution in [1.82, 2.24) is 9.78 Å². The maximum absolute atomic E-state index is 12.5. The van der Waals surface area contributed by atoms with E-state index in [2.05, 4.69) is 5.32 Å². The standard InChI is InChI=1S/C22H23N3O4S/c1-13-19-21(14-10-16(27-2)20(29-4)17(11-14)28-3)30-12-18(26)23-22(19)25(24-13)15-8-6-5-7-9-15/h5-11,21H,12H2,1-4H3,(H,23,26)/t21-/m1/s1. The molecule has 8 heteroatoms. The summed E-state index contributed by atoms with van der Waals surface area (Å²) in [6.45, 7) is 1.96. The molecular formula is C22H23N3O4S. The van der Waals surface area contributed by atoms with E-state index in [1.165, 1.54) is 0 Å². The molecule has 7 nitrogen and oxygen atoms in total. The van der Waals surface area contributed by atoms with Crippen LogP contribution in [0.3, 0.4) is 0 Å². The van der Waals surface area contributed by atoms with Gasteiger partial charge in [0.25, 0.3) is 0 Å². The number of fused-ring (bicyclic) bond motifs is 1. The van der Waals surface area contributed by atoms with Gasteiger partial charge in [-0.3, -0.25) is 4.79 Å². The fraction of sp³-hybridized carbons (Fsp3) is 0.273. The van der Waals surface area contributed by atoms with Crippen molar-refractivity contribution in [1.29, 1.82) is 0 Å². The minimum absolute atomic E-state index is 0.0618. The number of nitrogens with one attached hydrogen (secondary N) is 1. The van der Waals surface area contributed by atoms with E-state index in [0.717, 1.165) is 22.5 Å². The number of anilines is 1. The van der Waals surface area contributed by atoms with Crippen LogP contribution in [0.1, 0.15) is 22.1 Å². The number of amides is 1. The van der Waals surface area contributed by atoms with E-state index in [9.17, 15) is 4.79 Å². The molecule has 0 spiro atoms. The third-order valence-corrected chi connectivity index (χ3v) is 6.27. The first-order valence-electron chi connectivity index (χ1n) is 9.43. The Kier molecular flexibility index (Phi) is 5.59. The van der Waals surface area contributed by atoms with Gasteiger partial charge in [-0.05, 0) is 36.8 Å². The number of aromatic nitrogens is 2. The number of thioether (sulfide) groups is 1. The first kappa shape index (κ1) is 20.2. The van der Waals surface area contributed by atoms with Gasteiger partial charge < -0.3 is 19.5 Å². The Morgan fingerprint density at radius 1 is 1.07 bits per heavy atom. The third kappa shape index (κ3) is 3.47. The zero-order valence-electron chi connectivity index (χ0n) is 17.3. The Morgan fingerprint density at radius 2 is 1.73 bits per heavy atom. The predicted octanol–water partition coefficient (Wildman–Crippen LogP) is 3.98. The largest absolute Gasteiger partial charge is 0.493 e. The molecule has 1 aliphatic rings. The van der Waals surface area contributed by atoms with Crippen molar-refractivity contribution in [2.75, 3.05) is 32.4 Å². The van der Waals surface area contributed by atoms with Gasteiger partial charge in [-0.25, -0.2) is 4.68 Å². The van der Waals surface area contributed by atoms with Gasteiger partial charge in [0, 0.05) is 5.56 Å². The van der Waals surface area contributed by atoms with Crippen LogP contribution >= 0.6 is 11.8 Å². The Labute approximate surface area is 179 Å². The molecule has 0 fully saturated rings. The minimum Gasteiger partial charge on any atom is -0.493 e. The smallest absolute Gasteiger partial charge is 0.235 e. The van der Waals surface area contributed by atoms with Gasteiger partial charge >= 0.3 is 0 Å². The zero-order chi connectivity index (χ0) is 21.3. The van der Waals surface area contributed by atoms with Crippen molar-refractivity contribution in [3.63, 3.8) is 0 Å². The van der Waals surface area contributed by atoms with Crippen molar-refractivity contribution >= 4 is 23.5 Å². The lowest BCUT2D eigenvalue weighted by Crippen LogP contribution is -2.15. The van der Waals surface area contributed by atoms with E-state index in [-0.39, 0.29) is 11.2 Å². The molecule has 2 heterocycles. The van der Waals surface area contributed by atoms with Crippen LogP contribution in [0.25, 0.3) is 5.69 Å². The average Bonchev–Trinajstić information content (AvgIpc) is 2.98. The number of aryl methyl sites for hydroxylation is 1. The number of nitrogens with zero attached hydrogens (tertiary/aromatic N) is 2. The van der Waals surface area contributed by atoms with E-state index in [1.807, 2.05) is 49.4 Å². The van der Waals surface area contributed by atoms with Crippen LogP contribution < -0.4 is 19.5 Å². The van der Waals surface area contributed by atoms with Crippen LogP contribution in [-0.4, -0.2) is 42.8 Å². The highest BCUT2D eigenvalue weighted by Crippen LogP contribution is 2.48. The van der Waals surface area contributed by atoms with Crippen LogP contribution in [0.2, 0.25) is 0 Å². The minimum atomic E-state index is -0.134. The summed E-state index contributed by atoms with van der Waals surface area (Å²) in [5, 5.41) is 7.64. The quantitative estimate of drug-likeness (QED) is 0.667. The maximum atomic E-state index is 12.5. The van der Waals surface area contributed by atoms with Crippen molar-refractivity contribution in [2.45, 2.75) is 12.2 Å². The van der Waals surface area contributed by atoms with Gasteiger partial charge in [0.05, 0.1) is 43.7 Å². The Morgan fingerprint density at radius 3 is 2.33 bits per heavy atom. The SMILES string of the molecule is COc1cc([C@H]2SCC(=O)Nc3c2c(C)nn3-c2ccccc2)cc(OC)c1OC. The van der Waals surface area contributed by atoms with Gasteiger partial charge in [0.2, 0.25) is 11.7 Å². The van der Waals surface area contributed by atoms with Crippen LogP contribution in [0.15, 0.2) is 42.5 Å². The second-order valence-electron chi connectivity index (χ2n) is 6.79. The molecule has 2 aromatic carbocycles. The van der Waals surface area contributed by atoms with Gasteiger partial charge in [0.1, 0.15) is 5.82 Å².